The Morgan fingerprint density at radius 2 is 1.12 bits per heavy atom. The molecule has 0 aliphatic heterocycles. The highest BCUT2D eigenvalue weighted by atomic mass is 14.5. The summed E-state index contributed by atoms with van der Waals surface area (Å²) in [5, 5.41) is 0. The molecule has 6 rings (SSSR count). The summed E-state index contributed by atoms with van der Waals surface area (Å²) in [7, 11) is 0. The quantitative estimate of drug-likeness (QED) is 0.197. The van der Waals surface area contributed by atoms with Gasteiger partial charge in [-0.25, -0.2) is 0 Å². The van der Waals surface area contributed by atoms with E-state index in [4.69, 9.17) is 0 Å². The van der Waals surface area contributed by atoms with Crippen LogP contribution >= 0.6 is 0 Å². The van der Waals surface area contributed by atoms with Crippen molar-refractivity contribution in [1.29, 1.82) is 0 Å². The molecule has 0 nitrogen and oxygen atoms in total. The van der Waals surface area contributed by atoms with Gasteiger partial charge in [0.05, 0.1) is 5.41 Å². The van der Waals surface area contributed by atoms with Crippen LogP contribution in [0.5, 0.6) is 0 Å². The molecule has 4 aromatic rings. The van der Waals surface area contributed by atoms with Crippen LogP contribution in [-0.4, -0.2) is 0 Å². The normalized spacial score (nSPS) is 15.1. The van der Waals surface area contributed by atoms with Gasteiger partial charge in [-0.2, -0.15) is 0 Å². The summed E-state index contributed by atoms with van der Waals surface area (Å²) >= 11 is 0. The lowest BCUT2D eigenvalue weighted by molar-refractivity contribution is 0.519. The first-order valence-electron chi connectivity index (χ1n) is 16.0. The van der Waals surface area contributed by atoms with E-state index in [1.54, 1.807) is 0 Å². The molecule has 0 heterocycles. The topological polar surface area (TPSA) is 0 Å². The molecule has 218 valence electrons. The third kappa shape index (κ3) is 5.06. The Hall–Kier alpha value is -3.90. The largest absolute Gasteiger partial charge is 0.103 e. The molecule has 0 heteroatoms. The lowest BCUT2D eigenvalue weighted by atomic mass is 9.58. The van der Waals surface area contributed by atoms with Crippen LogP contribution in [0.25, 0.3) is 11.1 Å². The summed E-state index contributed by atoms with van der Waals surface area (Å²) in [6.45, 7) is 18.0. The molecule has 0 bridgehead atoms. The van der Waals surface area contributed by atoms with Gasteiger partial charge in [0.15, 0.2) is 0 Å². The van der Waals surface area contributed by atoms with Crippen molar-refractivity contribution >= 4 is 0 Å². The molecule has 43 heavy (non-hydrogen) atoms. The third-order valence-corrected chi connectivity index (χ3v) is 9.75. The number of allylic oxidation sites excluding steroid dienone is 5. The average Bonchev–Trinajstić information content (AvgIpc) is 3.60. The molecule has 0 amide bonds. The third-order valence-electron chi connectivity index (χ3n) is 9.75. The van der Waals surface area contributed by atoms with Gasteiger partial charge < -0.3 is 0 Å². The van der Waals surface area contributed by atoms with Crippen molar-refractivity contribution in [2.24, 2.45) is 0 Å². The highest BCUT2D eigenvalue weighted by Crippen LogP contribution is 2.61. The molecule has 4 aromatic carbocycles. The van der Waals surface area contributed by atoms with Gasteiger partial charge in [-0.05, 0) is 74.6 Å². The van der Waals surface area contributed by atoms with Crippen molar-refractivity contribution < 1.29 is 0 Å². The number of hydrogen-bond donors (Lipinski definition) is 0. The van der Waals surface area contributed by atoms with Crippen LogP contribution < -0.4 is 0 Å². The second-order valence-corrected chi connectivity index (χ2v) is 14.6. The van der Waals surface area contributed by atoms with E-state index in [-0.39, 0.29) is 22.2 Å². The van der Waals surface area contributed by atoms with Crippen molar-refractivity contribution in [2.45, 2.75) is 83.0 Å². The standard InChI is InChI=1S/C43H46/c1-8-9-16-30-21-22-35(27-30)43(31-17-12-10-13-18-31,32-19-14-11-15-20-32)40-38-28-33(41(2,3)4)23-25-36(38)37-26-24-34(29-39(37)40)42(5,6)7/h8,10-15,17-26,28-29,40H,1,9,16,27H2,2-7H3. The molecule has 0 N–H and O–H groups in total. The fourth-order valence-electron chi connectivity index (χ4n) is 7.43. The lowest BCUT2D eigenvalue weighted by Crippen LogP contribution is -2.37. The molecular formula is C43H46. The van der Waals surface area contributed by atoms with E-state index in [9.17, 15) is 0 Å². The highest BCUT2D eigenvalue weighted by molar-refractivity contribution is 5.82. The van der Waals surface area contributed by atoms with E-state index in [2.05, 4.69) is 157 Å². The molecule has 0 atom stereocenters. The Labute approximate surface area is 259 Å². The Bertz CT molecular complexity index is 1590. The van der Waals surface area contributed by atoms with E-state index in [1.807, 2.05) is 6.08 Å². The highest BCUT2D eigenvalue weighted by Gasteiger charge is 2.51. The van der Waals surface area contributed by atoms with Crippen LogP contribution in [0.15, 0.2) is 133 Å². The summed E-state index contributed by atoms with van der Waals surface area (Å²) in [6, 6.07) is 37.3. The molecule has 0 radical (unpaired) electrons. The monoisotopic (exact) mass is 562 g/mol. The minimum Gasteiger partial charge on any atom is -0.103 e. The first-order valence-corrected chi connectivity index (χ1v) is 16.0. The molecule has 0 unspecified atom stereocenters. The first kappa shape index (κ1) is 29.2. The van der Waals surface area contributed by atoms with Crippen LogP contribution in [0, 0.1) is 0 Å². The van der Waals surface area contributed by atoms with E-state index in [0.717, 1.165) is 19.3 Å². The molecule has 0 saturated carbocycles. The molecular weight excluding hydrogens is 516 g/mol. The Morgan fingerprint density at radius 1 is 0.628 bits per heavy atom. The average molecular weight is 563 g/mol. The SMILES string of the molecule is C=CCCC1=CC=C(C(c2ccccc2)(c2ccccc2)C2c3cc(C(C)(C)C)ccc3-c3ccc(C(C)(C)C)cc32)C1. The maximum absolute atomic E-state index is 4.01. The summed E-state index contributed by atoms with van der Waals surface area (Å²) < 4.78 is 0. The molecule has 2 aliphatic carbocycles. The van der Waals surface area contributed by atoms with Gasteiger partial charge in [-0.1, -0.05) is 168 Å². The number of hydrogen-bond acceptors (Lipinski definition) is 0. The second-order valence-electron chi connectivity index (χ2n) is 14.6. The molecule has 0 saturated heterocycles. The number of fused-ring (bicyclic) bond motifs is 3. The van der Waals surface area contributed by atoms with Crippen LogP contribution in [0.1, 0.15) is 100 Å². The van der Waals surface area contributed by atoms with Crippen LogP contribution in [0.4, 0.5) is 0 Å². The number of benzene rings is 4. The smallest absolute Gasteiger partial charge is 0.0526 e. The second kappa shape index (κ2) is 11.0. The zero-order chi connectivity index (χ0) is 30.4. The van der Waals surface area contributed by atoms with Gasteiger partial charge in [0.25, 0.3) is 0 Å². The summed E-state index contributed by atoms with van der Waals surface area (Å²) in [5.41, 5.74) is 13.9. The maximum atomic E-state index is 4.01. The van der Waals surface area contributed by atoms with E-state index < -0.39 is 0 Å². The number of rotatable bonds is 7. The Morgan fingerprint density at radius 3 is 1.56 bits per heavy atom. The van der Waals surface area contributed by atoms with Gasteiger partial charge >= 0.3 is 0 Å². The fraction of sp³-hybridized carbons (Fsp3) is 0.302. The first-order chi connectivity index (χ1) is 20.5. The molecule has 0 aromatic heterocycles. The van der Waals surface area contributed by atoms with Crippen molar-refractivity contribution in [2.75, 3.05) is 0 Å². The summed E-state index contributed by atoms with van der Waals surface area (Å²) in [6.07, 6.45) is 9.95. The predicted octanol–water partition coefficient (Wildman–Crippen LogP) is 11.6. The van der Waals surface area contributed by atoms with Crippen molar-refractivity contribution in [3.63, 3.8) is 0 Å². The van der Waals surface area contributed by atoms with Crippen LogP contribution in [-0.2, 0) is 16.2 Å². The van der Waals surface area contributed by atoms with Gasteiger partial charge in [-0.15, -0.1) is 6.58 Å². The maximum Gasteiger partial charge on any atom is 0.0526 e. The van der Waals surface area contributed by atoms with Crippen LogP contribution in [0.3, 0.4) is 0 Å². The zero-order valence-electron chi connectivity index (χ0n) is 26.9. The summed E-state index contributed by atoms with van der Waals surface area (Å²) in [4.78, 5) is 0. The van der Waals surface area contributed by atoms with Crippen LogP contribution in [0.2, 0.25) is 0 Å². The minimum atomic E-state index is -0.373. The summed E-state index contributed by atoms with van der Waals surface area (Å²) in [5.74, 6) is 0.130. The zero-order valence-corrected chi connectivity index (χ0v) is 26.9. The van der Waals surface area contributed by atoms with Crippen molar-refractivity contribution in [3.8, 4) is 11.1 Å². The van der Waals surface area contributed by atoms with Crippen molar-refractivity contribution in [3.05, 3.63) is 166 Å². The fourth-order valence-corrected chi connectivity index (χ4v) is 7.43. The Kier molecular flexibility index (Phi) is 7.45. The van der Waals surface area contributed by atoms with Gasteiger partial charge in [-0.3, -0.25) is 0 Å². The Balaban J connectivity index is 1.71. The minimum absolute atomic E-state index is 0.0547. The predicted molar refractivity (Wildman–Crippen MR) is 185 cm³/mol. The molecule has 2 aliphatic rings. The molecule has 0 fully saturated rings. The van der Waals surface area contributed by atoms with E-state index >= 15 is 0 Å². The lowest BCUT2D eigenvalue weighted by Gasteiger charge is -2.44. The van der Waals surface area contributed by atoms with Crippen molar-refractivity contribution in [1.82, 2.24) is 0 Å². The van der Waals surface area contributed by atoms with Gasteiger partial charge in [0, 0.05) is 5.92 Å². The van der Waals surface area contributed by atoms with Gasteiger partial charge in [0.2, 0.25) is 0 Å². The van der Waals surface area contributed by atoms with E-state index in [0.29, 0.717) is 0 Å². The van der Waals surface area contributed by atoms with E-state index in [1.165, 1.54) is 55.7 Å². The van der Waals surface area contributed by atoms with Gasteiger partial charge in [0.1, 0.15) is 0 Å². The molecule has 0 spiro atoms.